The second-order valence-corrected chi connectivity index (χ2v) is 8.63. The van der Waals surface area contributed by atoms with Crippen LogP contribution in [0.15, 0.2) is 45.7 Å². The monoisotopic (exact) mass is 440 g/mol. The molecule has 2 N–H and O–H groups in total. The number of hydrogen-bond acceptors (Lipinski definition) is 3. The lowest BCUT2D eigenvalue weighted by Gasteiger charge is -2.17. The average molecular weight is 441 g/mol. The number of nitrogens with one attached hydrogen (secondary N) is 2. The smallest absolute Gasteiger partial charge is 0.253 e. The number of carbonyl (C=O) groups excluding carboxylic acids is 1. The molecular weight excluding hydrogens is 420 g/mol. The zero-order valence-corrected chi connectivity index (χ0v) is 17.6. The number of carbonyl (C=O) groups is 1. The highest BCUT2D eigenvalue weighted by Crippen LogP contribution is 2.41. The summed E-state index contributed by atoms with van der Waals surface area (Å²) in [5.74, 6) is 0.569. The van der Waals surface area contributed by atoms with Crippen molar-refractivity contribution in [1.29, 1.82) is 0 Å². The van der Waals surface area contributed by atoms with Crippen molar-refractivity contribution < 1.29 is 9.53 Å². The highest BCUT2D eigenvalue weighted by Gasteiger charge is 2.32. The van der Waals surface area contributed by atoms with Gasteiger partial charge in [-0.25, -0.2) is 0 Å². The first kappa shape index (κ1) is 18.7. The lowest BCUT2D eigenvalue weighted by Crippen LogP contribution is -2.27. The van der Waals surface area contributed by atoms with Gasteiger partial charge in [0.25, 0.3) is 11.5 Å². The number of rotatable bonds is 3. The van der Waals surface area contributed by atoms with Gasteiger partial charge in [-0.1, -0.05) is 24.3 Å². The van der Waals surface area contributed by atoms with Crippen LogP contribution >= 0.6 is 15.9 Å². The Bertz CT molecular complexity index is 1160. The van der Waals surface area contributed by atoms with Crippen molar-refractivity contribution in [2.75, 3.05) is 0 Å². The van der Waals surface area contributed by atoms with Crippen LogP contribution in [0, 0.1) is 6.92 Å². The summed E-state index contributed by atoms with van der Waals surface area (Å²) in [5.41, 5.74) is 2.46. The zero-order chi connectivity index (χ0) is 20.1. The van der Waals surface area contributed by atoms with Gasteiger partial charge in [0.15, 0.2) is 0 Å². The Morgan fingerprint density at radius 3 is 2.71 bits per heavy atom. The fraction of sp³-hybridized carbons (Fsp3) is 0.273. The van der Waals surface area contributed by atoms with E-state index in [1.165, 1.54) is 0 Å². The Kier molecular flexibility index (Phi) is 4.54. The van der Waals surface area contributed by atoms with E-state index in [-0.39, 0.29) is 23.6 Å². The number of ether oxygens (including phenoxy) is 1. The third-order valence-corrected chi connectivity index (χ3v) is 5.62. The van der Waals surface area contributed by atoms with Crippen molar-refractivity contribution in [2.45, 2.75) is 39.3 Å². The van der Waals surface area contributed by atoms with Crippen LogP contribution in [-0.2, 0) is 13.0 Å². The van der Waals surface area contributed by atoms with Gasteiger partial charge in [0, 0.05) is 40.7 Å². The van der Waals surface area contributed by atoms with Gasteiger partial charge in [-0.15, -0.1) is 0 Å². The number of benzene rings is 2. The maximum atomic E-state index is 12.8. The van der Waals surface area contributed by atoms with Crippen LogP contribution in [-0.4, -0.2) is 16.5 Å². The van der Waals surface area contributed by atoms with E-state index in [0.29, 0.717) is 11.1 Å². The van der Waals surface area contributed by atoms with E-state index in [1.54, 1.807) is 6.07 Å². The Morgan fingerprint density at radius 1 is 1.25 bits per heavy atom. The van der Waals surface area contributed by atoms with E-state index < -0.39 is 0 Å². The Labute approximate surface area is 171 Å². The van der Waals surface area contributed by atoms with Gasteiger partial charge in [-0.05, 0) is 54.2 Å². The summed E-state index contributed by atoms with van der Waals surface area (Å²) < 4.78 is 6.70. The molecule has 2 aromatic carbocycles. The van der Waals surface area contributed by atoms with Gasteiger partial charge in [-0.2, -0.15) is 0 Å². The van der Waals surface area contributed by atoms with Crippen LogP contribution in [0.1, 0.15) is 41.0 Å². The maximum Gasteiger partial charge on any atom is 0.253 e. The molecule has 2 heterocycles. The Balaban J connectivity index is 1.61. The SMILES string of the molecule is Cc1[nH]c(=O)c(CNC(=O)c2cc(Br)c3c(c2)CC(C)(C)O3)c2ccccc12. The molecule has 1 aliphatic rings. The molecule has 144 valence electrons. The number of H-pyrrole nitrogens is 1. The largest absolute Gasteiger partial charge is 0.486 e. The summed E-state index contributed by atoms with van der Waals surface area (Å²) in [6.07, 6.45) is 0.740. The maximum absolute atomic E-state index is 12.8. The summed E-state index contributed by atoms with van der Waals surface area (Å²) in [6, 6.07) is 11.3. The first-order chi connectivity index (χ1) is 13.2. The number of fused-ring (bicyclic) bond motifs is 2. The molecule has 0 radical (unpaired) electrons. The topological polar surface area (TPSA) is 71.2 Å². The quantitative estimate of drug-likeness (QED) is 0.639. The molecule has 28 heavy (non-hydrogen) atoms. The number of aromatic nitrogens is 1. The van der Waals surface area contributed by atoms with Gasteiger partial charge >= 0.3 is 0 Å². The first-order valence-corrected chi connectivity index (χ1v) is 9.94. The highest BCUT2D eigenvalue weighted by atomic mass is 79.9. The molecule has 6 heteroatoms. The molecule has 0 bridgehead atoms. The average Bonchev–Trinajstić information content (AvgIpc) is 2.96. The highest BCUT2D eigenvalue weighted by molar-refractivity contribution is 9.10. The van der Waals surface area contributed by atoms with E-state index in [2.05, 4.69) is 26.2 Å². The van der Waals surface area contributed by atoms with Crippen molar-refractivity contribution in [3.8, 4) is 5.75 Å². The van der Waals surface area contributed by atoms with Crippen LogP contribution < -0.4 is 15.6 Å². The van der Waals surface area contributed by atoms with E-state index in [9.17, 15) is 9.59 Å². The lowest BCUT2D eigenvalue weighted by molar-refractivity contribution is 0.0951. The molecule has 0 aliphatic carbocycles. The molecule has 3 aromatic rings. The zero-order valence-electron chi connectivity index (χ0n) is 16.0. The van der Waals surface area contributed by atoms with Gasteiger partial charge < -0.3 is 15.0 Å². The normalized spacial score (nSPS) is 14.6. The molecule has 0 atom stereocenters. The van der Waals surface area contributed by atoms with Crippen molar-refractivity contribution in [1.82, 2.24) is 10.3 Å². The molecular formula is C22H21BrN2O3. The molecule has 0 unspecified atom stereocenters. The fourth-order valence-corrected chi connectivity index (χ4v) is 4.34. The van der Waals surface area contributed by atoms with Crippen LogP contribution in [0.4, 0.5) is 0 Å². The summed E-state index contributed by atoms with van der Waals surface area (Å²) in [5, 5.41) is 4.72. The number of amides is 1. The van der Waals surface area contributed by atoms with Crippen molar-refractivity contribution in [2.24, 2.45) is 0 Å². The molecule has 4 rings (SSSR count). The third kappa shape index (κ3) is 3.33. The number of pyridine rings is 1. The van der Waals surface area contributed by atoms with E-state index in [0.717, 1.165) is 38.7 Å². The van der Waals surface area contributed by atoms with Crippen molar-refractivity contribution in [3.63, 3.8) is 0 Å². The molecule has 0 saturated heterocycles. The molecule has 5 nitrogen and oxygen atoms in total. The second kappa shape index (κ2) is 6.78. The van der Waals surface area contributed by atoms with Crippen molar-refractivity contribution in [3.05, 3.63) is 73.6 Å². The molecule has 1 amide bonds. The standard InChI is InChI=1S/C22H21BrN2O3/c1-12-15-6-4-5-7-16(15)17(21(27)25-12)11-24-20(26)13-8-14-10-22(2,3)28-19(14)18(23)9-13/h4-9H,10-11H2,1-3H3,(H,24,26)(H,25,27). The summed E-state index contributed by atoms with van der Waals surface area (Å²) >= 11 is 3.51. The Morgan fingerprint density at radius 2 is 1.96 bits per heavy atom. The van der Waals surface area contributed by atoms with Crippen LogP contribution in [0.5, 0.6) is 5.75 Å². The van der Waals surface area contributed by atoms with Crippen LogP contribution in [0.2, 0.25) is 0 Å². The van der Waals surface area contributed by atoms with Gasteiger partial charge in [0.05, 0.1) is 4.47 Å². The van der Waals surface area contributed by atoms with Gasteiger partial charge in [-0.3, -0.25) is 9.59 Å². The molecule has 1 aromatic heterocycles. The number of halogens is 1. The van der Waals surface area contributed by atoms with E-state index in [1.807, 2.05) is 51.1 Å². The molecule has 0 fully saturated rings. The number of aromatic amines is 1. The minimum Gasteiger partial charge on any atom is -0.486 e. The predicted octanol–water partition coefficient (Wildman–Crippen LogP) is 4.24. The van der Waals surface area contributed by atoms with E-state index >= 15 is 0 Å². The molecule has 0 spiro atoms. The summed E-state index contributed by atoms with van der Waals surface area (Å²) in [6.45, 7) is 6.07. The van der Waals surface area contributed by atoms with E-state index in [4.69, 9.17) is 4.74 Å². The summed E-state index contributed by atoms with van der Waals surface area (Å²) in [7, 11) is 0. The number of hydrogen-bond donors (Lipinski definition) is 2. The fourth-order valence-electron chi connectivity index (χ4n) is 3.75. The summed E-state index contributed by atoms with van der Waals surface area (Å²) in [4.78, 5) is 28.1. The lowest BCUT2D eigenvalue weighted by atomic mass is 10.00. The minimum absolute atomic E-state index is 0.158. The minimum atomic E-state index is -0.284. The molecule has 1 aliphatic heterocycles. The second-order valence-electron chi connectivity index (χ2n) is 7.77. The number of aryl methyl sites for hydroxylation is 1. The van der Waals surface area contributed by atoms with Crippen LogP contribution in [0.3, 0.4) is 0 Å². The van der Waals surface area contributed by atoms with Crippen molar-refractivity contribution >= 4 is 32.6 Å². The van der Waals surface area contributed by atoms with Crippen LogP contribution in [0.25, 0.3) is 10.8 Å². The third-order valence-electron chi connectivity index (χ3n) is 5.03. The predicted molar refractivity (Wildman–Crippen MR) is 113 cm³/mol. The Hall–Kier alpha value is -2.60. The van der Waals surface area contributed by atoms with Gasteiger partial charge in [0.2, 0.25) is 0 Å². The van der Waals surface area contributed by atoms with Gasteiger partial charge in [0.1, 0.15) is 11.4 Å². The molecule has 0 saturated carbocycles. The first-order valence-electron chi connectivity index (χ1n) is 9.15.